The molecule has 2 heterocycles. The second kappa shape index (κ2) is 7.62. The third-order valence-corrected chi connectivity index (χ3v) is 5.38. The number of sulfonamides is 1. The summed E-state index contributed by atoms with van der Waals surface area (Å²) in [5, 5.41) is 6.85. The Labute approximate surface area is 146 Å². The van der Waals surface area contributed by atoms with Crippen molar-refractivity contribution in [3.05, 3.63) is 60.1 Å². The molecule has 7 nitrogen and oxygen atoms in total. The Kier molecular flexibility index (Phi) is 5.30. The van der Waals surface area contributed by atoms with E-state index in [-0.39, 0.29) is 18.2 Å². The van der Waals surface area contributed by atoms with Crippen molar-refractivity contribution in [2.75, 3.05) is 12.3 Å². The summed E-state index contributed by atoms with van der Waals surface area (Å²) in [5.74, 6) is 1.60. The Bertz CT molecular complexity index is 889. The molecule has 0 saturated heterocycles. The molecule has 0 aliphatic carbocycles. The molecule has 1 aromatic carbocycles. The smallest absolute Gasteiger partial charge is 0.216 e. The zero-order valence-electron chi connectivity index (χ0n) is 13.8. The van der Waals surface area contributed by atoms with Crippen LogP contribution in [0.1, 0.15) is 24.2 Å². The number of H-pyrrole nitrogens is 1. The molecule has 1 atom stereocenters. The minimum Gasteiger partial charge on any atom is -0.461 e. The third-order valence-electron chi connectivity index (χ3n) is 3.80. The fraction of sp³-hybridized carbons (Fsp3) is 0.294. The average molecular weight is 360 g/mol. The van der Waals surface area contributed by atoms with Crippen LogP contribution in [0.25, 0.3) is 11.6 Å². The van der Waals surface area contributed by atoms with Crippen molar-refractivity contribution in [1.29, 1.82) is 0 Å². The van der Waals surface area contributed by atoms with Crippen LogP contribution in [-0.4, -0.2) is 35.9 Å². The van der Waals surface area contributed by atoms with Crippen LogP contribution in [0.4, 0.5) is 0 Å². The van der Waals surface area contributed by atoms with E-state index >= 15 is 0 Å². The Balaban J connectivity index is 1.51. The molecule has 0 fully saturated rings. The van der Waals surface area contributed by atoms with Crippen LogP contribution < -0.4 is 4.72 Å². The van der Waals surface area contributed by atoms with Gasteiger partial charge in [-0.3, -0.25) is 5.10 Å². The topological polar surface area (TPSA) is 101 Å². The van der Waals surface area contributed by atoms with Gasteiger partial charge in [-0.2, -0.15) is 5.10 Å². The van der Waals surface area contributed by atoms with E-state index in [9.17, 15) is 8.42 Å². The van der Waals surface area contributed by atoms with Crippen molar-refractivity contribution < 1.29 is 12.8 Å². The van der Waals surface area contributed by atoms with Crippen molar-refractivity contribution in [2.24, 2.45) is 0 Å². The van der Waals surface area contributed by atoms with Gasteiger partial charge in [0.1, 0.15) is 5.82 Å². The number of nitrogens with one attached hydrogen (secondary N) is 2. The van der Waals surface area contributed by atoms with Gasteiger partial charge in [0.2, 0.25) is 15.8 Å². The number of aromatic nitrogens is 3. The Morgan fingerprint density at radius 3 is 2.72 bits per heavy atom. The number of hydrogen-bond donors (Lipinski definition) is 2. The SMILES string of the molecule is C[C@H](CS(=O)(=O)NCCc1nc(-c2ccco2)n[nH]1)c1ccccc1. The highest BCUT2D eigenvalue weighted by Gasteiger charge is 2.17. The first-order valence-corrected chi connectivity index (χ1v) is 9.66. The molecule has 0 unspecified atom stereocenters. The number of benzene rings is 1. The van der Waals surface area contributed by atoms with Crippen molar-refractivity contribution in [1.82, 2.24) is 19.9 Å². The van der Waals surface area contributed by atoms with Gasteiger partial charge in [0.05, 0.1) is 12.0 Å². The van der Waals surface area contributed by atoms with Gasteiger partial charge in [-0.25, -0.2) is 18.1 Å². The van der Waals surface area contributed by atoms with Crippen LogP contribution in [0.2, 0.25) is 0 Å². The molecule has 0 aliphatic rings. The maximum Gasteiger partial charge on any atom is 0.216 e. The van der Waals surface area contributed by atoms with Gasteiger partial charge in [-0.05, 0) is 23.6 Å². The van der Waals surface area contributed by atoms with Crippen LogP contribution in [0.3, 0.4) is 0 Å². The predicted molar refractivity (Wildman–Crippen MR) is 94.4 cm³/mol. The van der Waals surface area contributed by atoms with Gasteiger partial charge in [0.15, 0.2) is 5.76 Å². The summed E-state index contributed by atoms with van der Waals surface area (Å²) in [6.45, 7) is 2.16. The summed E-state index contributed by atoms with van der Waals surface area (Å²) in [4.78, 5) is 4.29. The number of nitrogens with zero attached hydrogens (tertiary/aromatic N) is 2. The molecule has 2 aromatic heterocycles. The fourth-order valence-electron chi connectivity index (χ4n) is 2.51. The molecule has 2 N–H and O–H groups in total. The Morgan fingerprint density at radius 1 is 1.20 bits per heavy atom. The van der Waals surface area contributed by atoms with E-state index in [0.717, 1.165) is 5.56 Å². The van der Waals surface area contributed by atoms with Crippen LogP contribution in [0.5, 0.6) is 0 Å². The van der Waals surface area contributed by atoms with Gasteiger partial charge < -0.3 is 4.42 Å². The molecule has 0 aliphatic heterocycles. The zero-order chi connectivity index (χ0) is 17.7. The molecule has 0 saturated carbocycles. The fourth-order valence-corrected chi connectivity index (χ4v) is 3.90. The highest BCUT2D eigenvalue weighted by atomic mass is 32.2. The van der Waals surface area contributed by atoms with Crippen LogP contribution >= 0.6 is 0 Å². The lowest BCUT2D eigenvalue weighted by atomic mass is 10.0. The molecular weight excluding hydrogens is 340 g/mol. The number of furan rings is 1. The summed E-state index contributed by atoms with van der Waals surface area (Å²) in [6, 6.07) is 13.1. The van der Waals surface area contributed by atoms with Gasteiger partial charge in [0, 0.05) is 13.0 Å². The first-order valence-electron chi connectivity index (χ1n) is 8.01. The van der Waals surface area contributed by atoms with Crippen LogP contribution in [-0.2, 0) is 16.4 Å². The highest BCUT2D eigenvalue weighted by molar-refractivity contribution is 7.89. The molecule has 3 aromatic rings. The first kappa shape index (κ1) is 17.4. The molecule has 0 spiro atoms. The third kappa shape index (κ3) is 4.77. The van der Waals surface area contributed by atoms with Crippen LogP contribution in [0, 0.1) is 0 Å². The normalized spacial score (nSPS) is 13.0. The molecule has 132 valence electrons. The Morgan fingerprint density at radius 2 is 2.00 bits per heavy atom. The number of hydrogen-bond acceptors (Lipinski definition) is 5. The minimum atomic E-state index is -3.37. The van der Waals surface area contributed by atoms with Gasteiger partial charge in [-0.1, -0.05) is 37.3 Å². The van der Waals surface area contributed by atoms with E-state index in [1.54, 1.807) is 18.4 Å². The van der Waals surface area contributed by atoms with E-state index in [1.165, 1.54) is 0 Å². The van der Waals surface area contributed by atoms with Crippen molar-refractivity contribution in [3.8, 4) is 11.6 Å². The maximum atomic E-state index is 12.2. The Hall–Kier alpha value is -2.45. The predicted octanol–water partition coefficient (Wildman–Crippen LogP) is 2.33. The zero-order valence-corrected chi connectivity index (χ0v) is 14.7. The summed E-state index contributed by atoms with van der Waals surface area (Å²) >= 11 is 0. The second-order valence-electron chi connectivity index (χ2n) is 5.82. The second-order valence-corrected chi connectivity index (χ2v) is 7.67. The lowest BCUT2D eigenvalue weighted by Crippen LogP contribution is -2.30. The molecule has 0 bridgehead atoms. The number of aromatic amines is 1. The van der Waals surface area contributed by atoms with E-state index in [1.807, 2.05) is 37.3 Å². The lowest BCUT2D eigenvalue weighted by Gasteiger charge is -2.12. The van der Waals surface area contributed by atoms with Gasteiger partial charge in [-0.15, -0.1) is 0 Å². The number of rotatable bonds is 8. The maximum absolute atomic E-state index is 12.2. The molecular formula is C17H20N4O3S. The van der Waals surface area contributed by atoms with E-state index in [2.05, 4.69) is 19.9 Å². The molecule has 0 amide bonds. The standard InChI is InChI=1S/C17H20N4O3S/c1-13(14-6-3-2-4-7-14)12-25(22,23)18-10-9-16-19-17(21-20-16)15-8-5-11-24-15/h2-8,11,13,18H,9-10,12H2,1H3,(H,19,20,21)/t13-/m1/s1. The largest absolute Gasteiger partial charge is 0.461 e. The first-order chi connectivity index (χ1) is 12.0. The highest BCUT2D eigenvalue weighted by Crippen LogP contribution is 2.16. The molecule has 25 heavy (non-hydrogen) atoms. The summed E-state index contributed by atoms with van der Waals surface area (Å²) < 4.78 is 32.3. The summed E-state index contributed by atoms with van der Waals surface area (Å²) in [6.07, 6.45) is 1.97. The van der Waals surface area contributed by atoms with Gasteiger partial charge in [0.25, 0.3) is 0 Å². The van der Waals surface area contributed by atoms with E-state index in [0.29, 0.717) is 23.8 Å². The summed E-state index contributed by atoms with van der Waals surface area (Å²) in [7, 11) is -3.37. The van der Waals surface area contributed by atoms with E-state index in [4.69, 9.17) is 4.42 Å². The average Bonchev–Trinajstić information content (AvgIpc) is 3.26. The molecule has 0 radical (unpaired) electrons. The molecule has 3 rings (SSSR count). The van der Waals surface area contributed by atoms with Gasteiger partial charge >= 0.3 is 0 Å². The lowest BCUT2D eigenvalue weighted by molar-refractivity contribution is 0.574. The van der Waals surface area contributed by atoms with Crippen LogP contribution in [0.15, 0.2) is 53.1 Å². The monoisotopic (exact) mass is 360 g/mol. The van der Waals surface area contributed by atoms with Crippen molar-refractivity contribution >= 4 is 10.0 Å². The van der Waals surface area contributed by atoms with Crippen molar-refractivity contribution in [2.45, 2.75) is 19.3 Å². The van der Waals surface area contributed by atoms with Crippen molar-refractivity contribution in [3.63, 3.8) is 0 Å². The molecule has 8 heteroatoms. The minimum absolute atomic E-state index is 0.0467. The van der Waals surface area contributed by atoms with E-state index < -0.39 is 10.0 Å². The quantitative estimate of drug-likeness (QED) is 0.642. The summed E-state index contributed by atoms with van der Waals surface area (Å²) in [5.41, 5.74) is 1.01.